The molecule has 2 rings (SSSR count). The summed E-state index contributed by atoms with van der Waals surface area (Å²) < 4.78 is 37.6. The summed E-state index contributed by atoms with van der Waals surface area (Å²) >= 11 is 0. The maximum Gasteiger partial charge on any atom is 0.340 e. The van der Waals surface area contributed by atoms with Gasteiger partial charge in [0, 0.05) is 18.0 Å². The van der Waals surface area contributed by atoms with Crippen LogP contribution in [-0.4, -0.2) is 54.5 Å². The Morgan fingerprint density at radius 3 is 2.46 bits per heavy atom. The standard InChI is InChI=1S/C21H28N4O9S/c1-10-12-7-17(35(31,32)33)15(23)9-16(12)34-21(30)13(10)8-18(26)24-6-4-3-5-14(22)19(27)25-11(2)20(28)29/h7,9,11,14H,3-6,8,22-23H2,1-2H3,(H,24,26)(H,25,27)(H,28,29)(H,31,32,33)/t11-,14-/m0/s1. The van der Waals surface area contributed by atoms with Crippen LogP contribution in [0.2, 0.25) is 0 Å². The number of carbonyl (C=O) groups is 3. The van der Waals surface area contributed by atoms with E-state index in [9.17, 15) is 32.1 Å². The van der Waals surface area contributed by atoms with Crippen LogP contribution in [0.3, 0.4) is 0 Å². The molecule has 0 bridgehead atoms. The fourth-order valence-electron chi connectivity index (χ4n) is 3.31. The minimum Gasteiger partial charge on any atom is -0.480 e. The molecule has 192 valence electrons. The van der Waals surface area contributed by atoms with Gasteiger partial charge in [-0.05, 0) is 44.7 Å². The van der Waals surface area contributed by atoms with E-state index in [-0.39, 0.29) is 41.6 Å². The first-order valence-electron chi connectivity index (χ1n) is 10.6. The number of carboxylic acid groups (broad SMARTS) is 1. The molecule has 0 saturated carbocycles. The Kier molecular flexibility index (Phi) is 8.95. The second kappa shape index (κ2) is 11.3. The summed E-state index contributed by atoms with van der Waals surface area (Å²) in [5.41, 5.74) is 10.6. The molecule has 14 heteroatoms. The van der Waals surface area contributed by atoms with Crippen LogP contribution in [-0.2, 0) is 30.9 Å². The van der Waals surface area contributed by atoms with Gasteiger partial charge in [-0.2, -0.15) is 8.42 Å². The number of nitrogens with one attached hydrogen (secondary N) is 2. The third-order valence-electron chi connectivity index (χ3n) is 5.36. The van der Waals surface area contributed by atoms with Crippen molar-refractivity contribution in [3.8, 4) is 0 Å². The van der Waals surface area contributed by atoms with Crippen LogP contribution in [0, 0.1) is 6.92 Å². The normalized spacial score (nSPS) is 13.3. The van der Waals surface area contributed by atoms with Gasteiger partial charge in [-0.25, -0.2) is 4.79 Å². The maximum absolute atomic E-state index is 12.4. The minimum absolute atomic E-state index is 0.0136. The molecule has 1 heterocycles. The Morgan fingerprint density at radius 1 is 1.20 bits per heavy atom. The number of hydrogen-bond acceptors (Lipinski definition) is 9. The topological polar surface area (TPSA) is 232 Å². The number of unbranched alkanes of at least 4 members (excludes halogenated alkanes) is 1. The van der Waals surface area contributed by atoms with Crippen molar-refractivity contribution in [2.45, 2.75) is 56.5 Å². The average molecular weight is 513 g/mol. The molecule has 2 amide bonds. The number of hydrogen-bond donors (Lipinski definition) is 6. The second-order valence-corrected chi connectivity index (χ2v) is 9.44. The first-order chi connectivity index (χ1) is 16.2. The molecule has 8 N–H and O–H groups in total. The zero-order valence-electron chi connectivity index (χ0n) is 19.2. The first kappa shape index (κ1) is 27.8. The van der Waals surface area contributed by atoms with Gasteiger partial charge in [0.2, 0.25) is 11.8 Å². The molecular weight excluding hydrogens is 484 g/mol. The van der Waals surface area contributed by atoms with Crippen LogP contribution < -0.4 is 27.7 Å². The van der Waals surface area contributed by atoms with Crippen LogP contribution in [0.25, 0.3) is 11.0 Å². The Hall–Kier alpha value is -3.49. The quantitative estimate of drug-likeness (QED) is 0.0987. The molecule has 13 nitrogen and oxygen atoms in total. The predicted molar refractivity (Wildman–Crippen MR) is 125 cm³/mol. The lowest BCUT2D eigenvalue weighted by atomic mass is 10.0. The summed E-state index contributed by atoms with van der Waals surface area (Å²) in [5.74, 6) is -2.24. The number of nitrogen functional groups attached to an aromatic ring is 1. The van der Waals surface area contributed by atoms with E-state index in [1.165, 1.54) is 13.8 Å². The highest BCUT2D eigenvalue weighted by Crippen LogP contribution is 2.28. The van der Waals surface area contributed by atoms with E-state index in [1.54, 1.807) is 0 Å². The van der Waals surface area contributed by atoms with E-state index in [2.05, 4.69) is 10.6 Å². The van der Waals surface area contributed by atoms with Crippen molar-refractivity contribution in [1.82, 2.24) is 10.6 Å². The molecule has 0 spiro atoms. The number of amides is 2. The number of carboxylic acids is 1. The Bertz CT molecular complexity index is 1300. The number of carbonyl (C=O) groups excluding carboxylic acids is 2. The minimum atomic E-state index is -4.61. The second-order valence-electron chi connectivity index (χ2n) is 8.05. The zero-order valence-corrected chi connectivity index (χ0v) is 20.0. The highest BCUT2D eigenvalue weighted by Gasteiger charge is 2.21. The summed E-state index contributed by atoms with van der Waals surface area (Å²) in [5, 5.41) is 13.9. The number of nitrogens with two attached hydrogens (primary N) is 2. The van der Waals surface area contributed by atoms with Gasteiger partial charge in [-0.15, -0.1) is 0 Å². The molecular formula is C21H28N4O9S. The molecule has 0 radical (unpaired) electrons. The fraction of sp³-hybridized carbons (Fsp3) is 0.429. The number of fused-ring (bicyclic) bond motifs is 1. The highest BCUT2D eigenvalue weighted by atomic mass is 32.2. The summed E-state index contributed by atoms with van der Waals surface area (Å²) in [6.45, 7) is 3.08. The fourth-order valence-corrected chi connectivity index (χ4v) is 3.94. The molecule has 0 unspecified atom stereocenters. The highest BCUT2D eigenvalue weighted by molar-refractivity contribution is 7.86. The van der Waals surface area contributed by atoms with Gasteiger partial charge in [-0.3, -0.25) is 18.9 Å². The molecule has 1 aromatic heterocycles. The third kappa shape index (κ3) is 7.24. The zero-order chi connectivity index (χ0) is 26.5. The lowest BCUT2D eigenvalue weighted by Gasteiger charge is -2.14. The lowest BCUT2D eigenvalue weighted by Crippen LogP contribution is -2.47. The molecule has 0 saturated heterocycles. The summed E-state index contributed by atoms with van der Waals surface area (Å²) in [4.78, 5) is 46.8. The van der Waals surface area contributed by atoms with Crippen LogP contribution in [0.1, 0.15) is 37.3 Å². The molecule has 0 aliphatic carbocycles. The van der Waals surface area contributed by atoms with Crippen molar-refractivity contribution in [2.24, 2.45) is 5.73 Å². The summed E-state index contributed by atoms with van der Waals surface area (Å²) in [6.07, 6.45) is 0.905. The molecule has 1 aromatic carbocycles. The molecule has 2 aromatic rings. The monoisotopic (exact) mass is 512 g/mol. The Labute approximate surface area is 200 Å². The van der Waals surface area contributed by atoms with E-state index in [0.29, 0.717) is 18.4 Å². The largest absolute Gasteiger partial charge is 0.480 e. The van der Waals surface area contributed by atoms with Crippen molar-refractivity contribution >= 4 is 44.6 Å². The smallest absolute Gasteiger partial charge is 0.340 e. The van der Waals surface area contributed by atoms with E-state index >= 15 is 0 Å². The van der Waals surface area contributed by atoms with Crippen molar-refractivity contribution in [3.05, 3.63) is 33.7 Å². The summed E-state index contributed by atoms with van der Waals surface area (Å²) in [6, 6.07) is 0.250. The first-order valence-corrected chi connectivity index (χ1v) is 12.0. The van der Waals surface area contributed by atoms with Crippen molar-refractivity contribution in [1.29, 1.82) is 0 Å². The van der Waals surface area contributed by atoms with Crippen LogP contribution in [0.5, 0.6) is 0 Å². The van der Waals surface area contributed by atoms with E-state index in [1.807, 2.05) is 0 Å². The SMILES string of the molecule is Cc1c(CC(=O)NCCCC[C@H](N)C(=O)N[C@@H](C)C(=O)O)c(=O)oc2cc(N)c(S(=O)(=O)O)cc12. The Morgan fingerprint density at radius 2 is 1.86 bits per heavy atom. The predicted octanol–water partition coefficient (Wildman–Crippen LogP) is -0.324. The lowest BCUT2D eigenvalue weighted by molar-refractivity contribution is -0.141. The Balaban J connectivity index is 1.96. The van der Waals surface area contributed by atoms with Crippen molar-refractivity contribution < 1.29 is 36.9 Å². The number of aryl methyl sites for hydroxylation is 1. The van der Waals surface area contributed by atoms with Gasteiger partial charge in [0.15, 0.2) is 0 Å². The van der Waals surface area contributed by atoms with Crippen LogP contribution in [0.4, 0.5) is 5.69 Å². The molecule has 2 atom stereocenters. The number of aliphatic carboxylic acids is 1. The van der Waals surface area contributed by atoms with Gasteiger partial charge in [0.25, 0.3) is 10.1 Å². The molecule has 0 aliphatic rings. The number of rotatable bonds is 11. The van der Waals surface area contributed by atoms with Gasteiger partial charge in [0.05, 0.1) is 23.7 Å². The van der Waals surface area contributed by atoms with Crippen molar-refractivity contribution in [2.75, 3.05) is 12.3 Å². The van der Waals surface area contributed by atoms with Gasteiger partial charge in [-0.1, -0.05) is 0 Å². The number of benzene rings is 1. The van der Waals surface area contributed by atoms with E-state index in [4.69, 9.17) is 21.0 Å². The van der Waals surface area contributed by atoms with Crippen LogP contribution >= 0.6 is 0 Å². The van der Waals surface area contributed by atoms with E-state index < -0.39 is 50.5 Å². The molecule has 0 aliphatic heterocycles. The average Bonchev–Trinajstić information content (AvgIpc) is 2.74. The van der Waals surface area contributed by atoms with Gasteiger partial charge in [0.1, 0.15) is 16.5 Å². The van der Waals surface area contributed by atoms with Crippen molar-refractivity contribution in [3.63, 3.8) is 0 Å². The summed E-state index contributed by atoms with van der Waals surface area (Å²) in [7, 11) is -4.61. The molecule has 35 heavy (non-hydrogen) atoms. The van der Waals surface area contributed by atoms with Crippen LogP contribution in [0.15, 0.2) is 26.2 Å². The van der Waals surface area contributed by atoms with Gasteiger partial charge >= 0.3 is 11.6 Å². The molecule has 0 fully saturated rings. The van der Waals surface area contributed by atoms with E-state index in [0.717, 1.165) is 12.1 Å². The number of anilines is 1. The maximum atomic E-state index is 12.4. The third-order valence-corrected chi connectivity index (χ3v) is 6.27. The van der Waals surface area contributed by atoms with Gasteiger partial charge < -0.3 is 31.6 Å².